The van der Waals surface area contributed by atoms with Crippen LogP contribution < -0.4 is 5.32 Å². The monoisotopic (exact) mass is 344 g/mol. The van der Waals surface area contributed by atoms with Crippen LogP contribution in [0, 0.1) is 0 Å². The Kier molecular flexibility index (Phi) is 8.02. The van der Waals surface area contributed by atoms with Gasteiger partial charge < -0.3 is 15.0 Å². The number of benzene rings is 1. The lowest BCUT2D eigenvalue weighted by Crippen LogP contribution is -2.37. The van der Waals surface area contributed by atoms with Crippen molar-refractivity contribution in [2.45, 2.75) is 19.9 Å². The van der Waals surface area contributed by atoms with E-state index in [1.54, 1.807) is 0 Å². The van der Waals surface area contributed by atoms with Gasteiger partial charge in [-0.1, -0.05) is 28.1 Å². The van der Waals surface area contributed by atoms with Crippen LogP contribution in [0.25, 0.3) is 0 Å². The largest absolute Gasteiger partial charge is 0.382 e. The quantitative estimate of drug-likeness (QED) is 0.606. The summed E-state index contributed by atoms with van der Waals surface area (Å²) in [7, 11) is 2.00. The normalized spacial score (nSPS) is 10.3. The van der Waals surface area contributed by atoms with Crippen molar-refractivity contribution in [3.8, 4) is 0 Å². The van der Waals surface area contributed by atoms with Gasteiger partial charge in [0.05, 0.1) is 0 Å². The summed E-state index contributed by atoms with van der Waals surface area (Å²) in [6.07, 6.45) is 0.972. The molecule has 0 saturated carbocycles. The molecule has 0 amide bonds. The standard InChI is InChI=1S/C14H21BrN2OS/c1-3-18-10-4-9-16-14(19)17(2)11-12-5-7-13(15)8-6-12/h5-8H,3-4,9-11H2,1-2H3,(H,16,19). The van der Waals surface area contributed by atoms with E-state index in [2.05, 4.69) is 33.4 Å². The molecule has 1 aromatic carbocycles. The van der Waals surface area contributed by atoms with Crippen LogP contribution in [0.15, 0.2) is 28.7 Å². The van der Waals surface area contributed by atoms with E-state index in [4.69, 9.17) is 17.0 Å². The second-order valence-corrected chi connectivity index (χ2v) is 5.57. The number of hydrogen-bond donors (Lipinski definition) is 1. The van der Waals surface area contributed by atoms with Crippen molar-refractivity contribution >= 4 is 33.3 Å². The highest BCUT2D eigenvalue weighted by molar-refractivity contribution is 9.10. The topological polar surface area (TPSA) is 24.5 Å². The van der Waals surface area contributed by atoms with Gasteiger partial charge in [0.15, 0.2) is 5.11 Å². The maximum Gasteiger partial charge on any atom is 0.168 e. The van der Waals surface area contributed by atoms with E-state index in [1.807, 2.05) is 31.0 Å². The van der Waals surface area contributed by atoms with Crippen molar-refractivity contribution in [1.29, 1.82) is 0 Å². The summed E-state index contributed by atoms with van der Waals surface area (Å²) in [6.45, 7) is 5.22. The van der Waals surface area contributed by atoms with Crippen molar-refractivity contribution in [1.82, 2.24) is 10.2 Å². The fraction of sp³-hybridized carbons (Fsp3) is 0.500. The third-order valence-electron chi connectivity index (χ3n) is 2.63. The first kappa shape index (κ1) is 16.4. The molecule has 0 fully saturated rings. The van der Waals surface area contributed by atoms with Crippen LogP contribution >= 0.6 is 28.1 Å². The van der Waals surface area contributed by atoms with E-state index in [0.717, 1.165) is 42.3 Å². The lowest BCUT2D eigenvalue weighted by Gasteiger charge is -2.21. The summed E-state index contributed by atoms with van der Waals surface area (Å²) in [5, 5.41) is 4.02. The molecular weight excluding hydrogens is 324 g/mol. The summed E-state index contributed by atoms with van der Waals surface area (Å²) < 4.78 is 6.37. The van der Waals surface area contributed by atoms with Crippen LogP contribution in [0.2, 0.25) is 0 Å². The molecule has 0 aromatic heterocycles. The first-order chi connectivity index (χ1) is 9.13. The summed E-state index contributed by atoms with van der Waals surface area (Å²) in [6, 6.07) is 8.28. The molecular formula is C14H21BrN2OS. The molecule has 5 heteroatoms. The number of rotatable bonds is 7. The highest BCUT2D eigenvalue weighted by atomic mass is 79.9. The highest BCUT2D eigenvalue weighted by Crippen LogP contribution is 2.11. The maximum atomic E-state index is 5.34. The lowest BCUT2D eigenvalue weighted by molar-refractivity contribution is 0.145. The third-order valence-corrected chi connectivity index (χ3v) is 3.61. The maximum absolute atomic E-state index is 5.34. The molecule has 1 rings (SSSR count). The van der Waals surface area contributed by atoms with E-state index in [0.29, 0.717) is 0 Å². The first-order valence-electron chi connectivity index (χ1n) is 6.44. The van der Waals surface area contributed by atoms with E-state index in [9.17, 15) is 0 Å². The Balaban J connectivity index is 2.26. The van der Waals surface area contributed by atoms with Crippen molar-refractivity contribution in [3.63, 3.8) is 0 Å². The van der Waals surface area contributed by atoms with Gasteiger partial charge in [0.25, 0.3) is 0 Å². The molecule has 19 heavy (non-hydrogen) atoms. The van der Waals surface area contributed by atoms with Gasteiger partial charge >= 0.3 is 0 Å². The number of nitrogens with one attached hydrogen (secondary N) is 1. The number of nitrogens with zero attached hydrogens (tertiary/aromatic N) is 1. The Bertz CT molecular complexity index is 384. The molecule has 0 heterocycles. The smallest absolute Gasteiger partial charge is 0.168 e. The fourth-order valence-electron chi connectivity index (χ4n) is 1.58. The van der Waals surface area contributed by atoms with Crippen LogP contribution in [-0.4, -0.2) is 36.8 Å². The molecule has 0 spiro atoms. The average Bonchev–Trinajstić information content (AvgIpc) is 2.41. The van der Waals surface area contributed by atoms with E-state index < -0.39 is 0 Å². The molecule has 0 aliphatic rings. The van der Waals surface area contributed by atoms with Gasteiger partial charge in [0, 0.05) is 37.8 Å². The minimum Gasteiger partial charge on any atom is -0.382 e. The minimum absolute atomic E-state index is 0.772. The Morgan fingerprint density at radius 3 is 2.68 bits per heavy atom. The van der Waals surface area contributed by atoms with Crippen molar-refractivity contribution in [3.05, 3.63) is 34.3 Å². The van der Waals surface area contributed by atoms with E-state index in [-0.39, 0.29) is 0 Å². The average molecular weight is 345 g/mol. The molecule has 0 aliphatic heterocycles. The Hall–Kier alpha value is -0.650. The van der Waals surface area contributed by atoms with Crippen LogP contribution in [0.3, 0.4) is 0 Å². The predicted molar refractivity (Wildman–Crippen MR) is 87.3 cm³/mol. The SMILES string of the molecule is CCOCCCNC(=S)N(C)Cc1ccc(Br)cc1. The zero-order valence-electron chi connectivity index (χ0n) is 11.5. The van der Waals surface area contributed by atoms with Crippen LogP contribution in [0.1, 0.15) is 18.9 Å². The molecule has 0 radical (unpaired) electrons. The van der Waals surface area contributed by atoms with Crippen LogP contribution in [0.5, 0.6) is 0 Å². The molecule has 106 valence electrons. The molecule has 0 bridgehead atoms. The molecule has 3 nitrogen and oxygen atoms in total. The zero-order chi connectivity index (χ0) is 14.1. The van der Waals surface area contributed by atoms with E-state index in [1.165, 1.54) is 5.56 Å². The highest BCUT2D eigenvalue weighted by Gasteiger charge is 2.04. The third kappa shape index (κ3) is 6.89. The molecule has 0 atom stereocenters. The second-order valence-electron chi connectivity index (χ2n) is 4.26. The number of halogens is 1. The molecule has 1 N–H and O–H groups in total. The number of thiocarbonyl (C=S) groups is 1. The van der Waals surface area contributed by atoms with Gasteiger partial charge in [-0.2, -0.15) is 0 Å². The summed E-state index contributed by atoms with van der Waals surface area (Å²) in [4.78, 5) is 2.04. The second kappa shape index (κ2) is 9.28. The number of ether oxygens (including phenoxy) is 1. The molecule has 1 aromatic rings. The van der Waals surface area contributed by atoms with Crippen LogP contribution in [0.4, 0.5) is 0 Å². The Morgan fingerprint density at radius 1 is 1.37 bits per heavy atom. The Labute approximate surface area is 129 Å². The minimum atomic E-state index is 0.772. The zero-order valence-corrected chi connectivity index (χ0v) is 13.9. The lowest BCUT2D eigenvalue weighted by atomic mass is 10.2. The van der Waals surface area contributed by atoms with E-state index >= 15 is 0 Å². The van der Waals surface area contributed by atoms with Gasteiger partial charge in [-0.25, -0.2) is 0 Å². The van der Waals surface area contributed by atoms with Gasteiger partial charge in [0.2, 0.25) is 0 Å². The molecule has 0 saturated heterocycles. The van der Waals surface area contributed by atoms with Crippen LogP contribution in [-0.2, 0) is 11.3 Å². The first-order valence-corrected chi connectivity index (χ1v) is 7.64. The van der Waals surface area contributed by atoms with Crippen molar-refractivity contribution in [2.24, 2.45) is 0 Å². The molecule has 0 aliphatic carbocycles. The number of hydrogen-bond acceptors (Lipinski definition) is 2. The van der Waals surface area contributed by atoms with Gasteiger partial charge in [-0.15, -0.1) is 0 Å². The summed E-state index contributed by atoms with van der Waals surface area (Å²) in [5.74, 6) is 0. The fourth-order valence-corrected chi connectivity index (χ4v) is 2.02. The Morgan fingerprint density at radius 2 is 2.05 bits per heavy atom. The summed E-state index contributed by atoms with van der Waals surface area (Å²) >= 11 is 8.78. The van der Waals surface area contributed by atoms with Gasteiger partial charge in [-0.3, -0.25) is 0 Å². The summed E-state index contributed by atoms with van der Waals surface area (Å²) in [5.41, 5.74) is 1.24. The van der Waals surface area contributed by atoms with Gasteiger partial charge in [-0.05, 0) is 43.3 Å². The van der Waals surface area contributed by atoms with Crippen molar-refractivity contribution in [2.75, 3.05) is 26.8 Å². The van der Waals surface area contributed by atoms with Crippen molar-refractivity contribution < 1.29 is 4.74 Å². The van der Waals surface area contributed by atoms with Gasteiger partial charge in [0.1, 0.15) is 0 Å². The molecule has 0 unspecified atom stereocenters. The predicted octanol–water partition coefficient (Wildman–Crippen LogP) is 3.18.